The van der Waals surface area contributed by atoms with Crippen LogP contribution in [0.5, 0.6) is 0 Å². The fraction of sp³-hybridized carbons (Fsp3) is 0.182. The van der Waals surface area contributed by atoms with E-state index < -0.39 is 6.09 Å². The van der Waals surface area contributed by atoms with Gasteiger partial charge in [-0.15, -0.1) is 0 Å². The molecule has 0 aliphatic heterocycles. The number of nitrogens with one attached hydrogen (secondary N) is 1. The Morgan fingerprint density at radius 2 is 2.06 bits per heavy atom. The quantitative estimate of drug-likeness (QED) is 0.465. The number of hydrogen-bond acceptors (Lipinski definition) is 4. The molecule has 0 saturated carbocycles. The Kier molecular flexibility index (Phi) is 4.04. The van der Waals surface area contributed by atoms with E-state index in [0.29, 0.717) is 11.3 Å². The standard InChI is InChI=1S/C11H11N3O2/c1-8(14-16-11(15)13-2)10-5-3-9(7-12)4-6-10/h3-6H,1-2H3,(H,13,15)/b14-8-. The molecule has 5 nitrogen and oxygen atoms in total. The fourth-order valence-corrected chi connectivity index (χ4v) is 0.994. The molecular formula is C11H11N3O2. The molecule has 1 aromatic carbocycles. The predicted molar refractivity (Wildman–Crippen MR) is 58.9 cm³/mol. The van der Waals surface area contributed by atoms with Gasteiger partial charge < -0.3 is 5.32 Å². The first-order chi connectivity index (χ1) is 7.67. The summed E-state index contributed by atoms with van der Waals surface area (Å²) in [4.78, 5) is 15.3. The second-order valence-electron chi connectivity index (χ2n) is 2.99. The van der Waals surface area contributed by atoms with Gasteiger partial charge in [-0.2, -0.15) is 5.26 Å². The lowest BCUT2D eigenvalue weighted by atomic mass is 10.1. The Balaban J connectivity index is 2.76. The molecule has 1 rings (SSSR count). The van der Waals surface area contributed by atoms with E-state index in [1.807, 2.05) is 6.07 Å². The van der Waals surface area contributed by atoms with E-state index in [-0.39, 0.29) is 0 Å². The number of carbonyl (C=O) groups excluding carboxylic acids is 1. The molecule has 0 spiro atoms. The van der Waals surface area contributed by atoms with Gasteiger partial charge in [0.25, 0.3) is 0 Å². The van der Waals surface area contributed by atoms with Crippen molar-refractivity contribution < 1.29 is 9.63 Å². The molecule has 0 unspecified atom stereocenters. The molecule has 0 saturated heterocycles. The summed E-state index contributed by atoms with van der Waals surface area (Å²) in [7, 11) is 1.45. The molecule has 0 fully saturated rings. The normalized spacial score (nSPS) is 10.4. The van der Waals surface area contributed by atoms with Gasteiger partial charge in [-0.1, -0.05) is 17.3 Å². The van der Waals surface area contributed by atoms with Gasteiger partial charge in [0.1, 0.15) is 0 Å². The molecule has 0 aromatic heterocycles. The van der Waals surface area contributed by atoms with E-state index in [0.717, 1.165) is 5.56 Å². The Hall–Kier alpha value is -2.35. The second-order valence-corrected chi connectivity index (χ2v) is 2.99. The summed E-state index contributed by atoms with van der Waals surface area (Å²) in [5, 5.41) is 14.5. The van der Waals surface area contributed by atoms with E-state index in [2.05, 4.69) is 15.3 Å². The molecule has 82 valence electrons. The lowest BCUT2D eigenvalue weighted by Crippen LogP contribution is -2.17. The predicted octanol–water partition coefficient (Wildman–Crippen LogP) is 1.64. The monoisotopic (exact) mass is 217 g/mol. The highest BCUT2D eigenvalue weighted by molar-refractivity contribution is 5.98. The summed E-state index contributed by atoms with van der Waals surface area (Å²) in [5.41, 5.74) is 1.93. The largest absolute Gasteiger partial charge is 0.433 e. The van der Waals surface area contributed by atoms with Gasteiger partial charge in [-0.05, 0) is 24.6 Å². The van der Waals surface area contributed by atoms with E-state index >= 15 is 0 Å². The third-order valence-corrected chi connectivity index (χ3v) is 1.90. The van der Waals surface area contributed by atoms with Crippen molar-refractivity contribution in [1.29, 1.82) is 5.26 Å². The van der Waals surface area contributed by atoms with Crippen molar-refractivity contribution in [3.05, 3.63) is 35.4 Å². The third kappa shape index (κ3) is 3.10. The third-order valence-electron chi connectivity index (χ3n) is 1.90. The van der Waals surface area contributed by atoms with Crippen molar-refractivity contribution in [2.45, 2.75) is 6.92 Å². The van der Waals surface area contributed by atoms with E-state index in [1.54, 1.807) is 31.2 Å². The SMILES string of the molecule is CNC(=O)O/N=C(/C)c1ccc(C#N)cc1. The van der Waals surface area contributed by atoms with Crippen LogP contribution in [0.15, 0.2) is 29.4 Å². The zero-order chi connectivity index (χ0) is 12.0. The van der Waals surface area contributed by atoms with Crippen molar-refractivity contribution in [3.63, 3.8) is 0 Å². The number of benzene rings is 1. The molecular weight excluding hydrogens is 206 g/mol. The Bertz CT molecular complexity index is 443. The maximum Gasteiger partial charge on any atom is 0.433 e. The zero-order valence-corrected chi connectivity index (χ0v) is 9.02. The highest BCUT2D eigenvalue weighted by atomic mass is 16.7. The molecule has 0 atom stereocenters. The van der Waals surface area contributed by atoms with Gasteiger partial charge in [-0.3, -0.25) is 4.84 Å². The van der Waals surface area contributed by atoms with Crippen LogP contribution in [0, 0.1) is 11.3 Å². The number of amides is 1. The van der Waals surface area contributed by atoms with Crippen LogP contribution in [0.25, 0.3) is 0 Å². The minimum absolute atomic E-state index is 0.563. The molecule has 0 bridgehead atoms. The molecule has 16 heavy (non-hydrogen) atoms. The van der Waals surface area contributed by atoms with Crippen molar-refractivity contribution in [1.82, 2.24) is 5.32 Å². The van der Waals surface area contributed by atoms with E-state index in [9.17, 15) is 4.79 Å². The lowest BCUT2D eigenvalue weighted by Gasteiger charge is -2.00. The number of rotatable bonds is 2. The van der Waals surface area contributed by atoms with Gasteiger partial charge in [0.2, 0.25) is 0 Å². The molecule has 1 aromatic rings. The second kappa shape index (κ2) is 5.51. The van der Waals surface area contributed by atoms with Crippen LogP contribution in [-0.4, -0.2) is 18.9 Å². The van der Waals surface area contributed by atoms with Gasteiger partial charge in [-0.25, -0.2) is 4.79 Å². The van der Waals surface area contributed by atoms with Crippen molar-refractivity contribution in [2.24, 2.45) is 5.16 Å². The fourth-order valence-electron chi connectivity index (χ4n) is 0.994. The van der Waals surface area contributed by atoms with Crippen LogP contribution in [-0.2, 0) is 4.84 Å². The molecule has 0 aliphatic carbocycles. The minimum Gasteiger partial charge on any atom is -0.323 e. The van der Waals surface area contributed by atoms with Crippen LogP contribution in [0.1, 0.15) is 18.1 Å². The number of nitriles is 1. The van der Waals surface area contributed by atoms with Crippen molar-refractivity contribution in [2.75, 3.05) is 7.05 Å². The summed E-state index contributed by atoms with van der Waals surface area (Å²) in [6, 6.07) is 8.85. The van der Waals surface area contributed by atoms with E-state index in [4.69, 9.17) is 5.26 Å². The smallest absolute Gasteiger partial charge is 0.323 e. The summed E-state index contributed by atoms with van der Waals surface area (Å²) >= 11 is 0. The Morgan fingerprint density at radius 3 is 2.56 bits per heavy atom. The van der Waals surface area contributed by atoms with Crippen LogP contribution in [0.2, 0.25) is 0 Å². The number of hydrogen-bond donors (Lipinski definition) is 1. The average molecular weight is 217 g/mol. The van der Waals surface area contributed by atoms with Gasteiger partial charge in [0.15, 0.2) is 0 Å². The van der Waals surface area contributed by atoms with Crippen molar-refractivity contribution in [3.8, 4) is 6.07 Å². The first-order valence-corrected chi connectivity index (χ1v) is 4.61. The average Bonchev–Trinajstić information content (AvgIpc) is 2.35. The first-order valence-electron chi connectivity index (χ1n) is 4.61. The Morgan fingerprint density at radius 1 is 1.44 bits per heavy atom. The summed E-state index contributed by atoms with van der Waals surface area (Å²) in [6.07, 6.45) is -0.618. The Labute approximate surface area is 93.3 Å². The van der Waals surface area contributed by atoms with E-state index in [1.165, 1.54) is 7.05 Å². The zero-order valence-electron chi connectivity index (χ0n) is 9.02. The van der Waals surface area contributed by atoms with Gasteiger partial charge in [0.05, 0.1) is 17.3 Å². The first kappa shape index (κ1) is 11.7. The topological polar surface area (TPSA) is 74.5 Å². The van der Waals surface area contributed by atoms with Gasteiger partial charge >= 0.3 is 6.09 Å². The maximum atomic E-state index is 10.8. The molecule has 5 heteroatoms. The van der Waals surface area contributed by atoms with Crippen LogP contribution in [0.3, 0.4) is 0 Å². The van der Waals surface area contributed by atoms with Crippen LogP contribution in [0.4, 0.5) is 4.79 Å². The summed E-state index contributed by atoms with van der Waals surface area (Å²) in [5.74, 6) is 0. The van der Waals surface area contributed by atoms with Crippen molar-refractivity contribution >= 4 is 11.8 Å². The number of carbonyl (C=O) groups is 1. The molecule has 0 aliphatic rings. The number of oxime groups is 1. The van der Waals surface area contributed by atoms with Gasteiger partial charge in [0, 0.05) is 7.05 Å². The highest BCUT2D eigenvalue weighted by Crippen LogP contribution is 2.05. The number of nitrogens with zero attached hydrogens (tertiary/aromatic N) is 2. The molecule has 1 amide bonds. The summed E-state index contributed by atoms with van der Waals surface area (Å²) < 4.78 is 0. The van der Waals surface area contributed by atoms with Crippen LogP contribution >= 0.6 is 0 Å². The minimum atomic E-state index is -0.618. The molecule has 0 heterocycles. The molecule has 0 radical (unpaired) electrons. The summed E-state index contributed by atoms with van der Waals surface area (Å²) in [6.45, 7) is 1.71. The maximum absolute atomic E-state index is 10.8. The molecule has 1 N–H and O–H groups in total. The van der Waals surface area contributed by atoms with Crippen LogP contribution < -0.4 is 5.32 Å². The lowest BCUT2D eigenvalue weighted by molar-refractivity contribution is 0.153. The highest BCUT2D eigenvalue weighted by Gasteiger charge is 2.00.